The van der Waals surface area contributed by atoms with Gasteiger partial charge in [-0.1, -0.05) is 0 Å². The molecule has 2 heterocycles. The summed E-state index contributed by atoms with van der Waals surface area (Å²) in [6.45, 7) is 0.457. The number of rotatable bonds is 6. The first-order valence-corrected chi connectivity index (χ1v) is 10.0. The van der Waals surface area contributed by atoms with E-state index in [1.165, 1.54) is 16.4 Å². The molecule has 1 aromatic heterocycles. The van der Waals surface area contributed by atoms with E-state index < -0.39 is 28.0 Å². The third kappa shape index (κ3) is 3.10. The number of benzene rings is 1. The van der Waals surface area contributed by atoms with Gasteiger partial charge in [-0.3, -0.25) is 4.79 Å². The van der Waals surface area contributed by atoms with Crippen LogP contribution in [-0.4, -0.2) is 47.4 Å². The summed E-state index contributed by atoms with van der Waals surface area (Å²) in [7, 11) is -3.87. The maximum atomic E-state index is 13.3. The lowest BCUT2D eigenvalue weighted by Gasteiger charge is -2.27. The Labute approximate surface area is 150 Å². The van der Waals surface area contributed by atoms with E-state index in [9.17, 15) is 22.7 Å². The summed E-state index contributed by atoms with van der Waals surface area (Å²) in [5, 5.41) is 10.2. The van der Waals surface area contributed by atoms with Crippen molar-refractivity contribution in [1.29, 1.82) is 0 Å². The molecule has 2 fully saturated rings. The van der Waals surface area contributed by atoms with Crippen molar-refractivity contribution in [3.63, 3.8) is 0 Å². The van der Waals surface area contributed by atoms with Crippen LogP contribution in [0.4, 0.5) is 4.39 Å². The van der Waals surface area contributed by atoms with Gasteiger partial charge in [-0.25, -0.2) is 4.39 Å². The van der Waals surface area contributed by atoms with Gasteiger partial charge in [0.2, 0.25) is 0 Å². The van der Waals surface area contributed by atoms with Gasteiger partial charge >= 0.3 is 5.97 Å². The molecule has 3 atom stereocenters. The van der Waals surface area contributed by atoms with Crippen molar-refractivity contribution in [2.24, 2.45) is 5.92 Å². The van der Waals surface area contributed by atoms with Gasteiger partial charge in [0.25, 0.3) is 10.2 Å². The number of carboxylic acid groups (broad SMARTS) is 1. The quantitative estimate of drug-likeness (QED) is 0.707. The van der Waals surface area contributed by atoms with Crippen LogP contribution in [0.3, 0.4) is 0 Å². The summed E-state index contributed by atoms with van der Waals surface area (Å²) in [6, 6.07) is 2.86. The number of halogens is 1. The highest BCUT2D eigenvalue weighted by Crippen LogP contribution is 2.38. The lowest BCUT2D eigenvalue weighted by atomic mass is 10.1. The van der Waals surface area contributed by atoms with E-state index in [-0.39, 0.29) is 12.5 Å². The van der Waals surface area contributed by atoms with Gasteiger partial charge < -0.3 is 10.1 Å². The number of carbonyl (C=O) groups is 1. The molecule has 1 aliphatic carbocycles. The maximum Gasteiger partial charge on any atom is 0.322 e. The predicted octanol–water partition coefficient (Wildman–Crippen LogP) is 1.62. The molecule has 0 radical (unpaired) electrons. The van der Waals surface area contributed by atoms with Gasteiger partial charge in [0.05, 0.1) is 0 Å². The van der Waals surface area contributed by atoms with E-state index >= 15 is 0 Å². The highest BCUT2D eigenvalue weighted by molar-refractivity contribution is 7.87. The average molecular weight is 381 g/mol. The predicted molar refractivity (Wildman–Crippen MR) is 93.3 cm³/mol. The van der Waals surface area contributed by atoms with Gasteiger partial charge in [0.1, 0.15) is 11.9 Å². The maximum absolute atomic E-state index is 13.3. The van der Waals surface area contributed by atoms with Crippen molar-refractivity contribution < 1.29 is 22.7 Å². The highest BCUT2D eigenvalue weighted by atomic mass is 32.2. The summed E-state index contributed by atoms with van der Waals surface area (Å²) < 4.78 is 42.4. The van der Waals surface area contributed by atoms with Crippen LogP contribution in [0.2, 0.25) is 0 Å². The van der Waals surface area contributed by atoms with Crippen LogP contribution < -0.4 is 4.72 Å². The number of nitrogens with zero attached hydrogens (tertiary/aromatic N) is 1. The van der Waals surface area contributed by atoms with E-state index in [0.717, 1.165) is 19.3 Å². The Morgan fingerprint density at radius 2 is 2.23 bits per heavy atom. The second kappa shape index (κ2) is 6.33. The molecule has 3 N–H and O–H groups in total. The summed E-state index contributed by atoms with van der Waals surface area (Å²) in [6.07, 6.45) is 4.28. The number of aromatic nitrogens is 1. The lowest BCUT2D eigenvalue weighted by Crippen LogP contribution is -2.51. The minimum absolute atomic E-state index is 0.0250. The number of hydrogen-bond donors (Lipinski definition) is 3. The number of aliphatic carboxylic acids is 1. The Morgan fingerprint density at radius 1 is 1.42 bits per heavy atom. The molecular formula is C17H20FN3O4S. The molecule has 1 saturated heterocycles. The van der Waals surface area contributed by atoms with Gasteiger partial charge in [0, 0.05) is 36.1 Å². The number of fused-ring (bicyclic) bond motifs is 3. The Bertz CT molecular complexity index is 958. The lowest BCUT2D eigenvalue weighted by molar-refractivity contribution is -0.138. The van der Waals surface area contributed by atoms with E-state index in [2.05, 4.69) is 9.71 Å². The molecule has 1 aromatic carbocycles. The van der Waals surface area contributed by atoms with E-state index in [4.69, 9.17) is 0 Å². The van der Waals surface area contributed by atoms with E-state index in [1.54, 1.807) is 12.3 Å². The van der Waals surface area contributed by atoms with Gasteiger partial charge in [0.15, 0.2) is 0 Å². The van der Waals surface area contributed by atoms with Gasteiger partial charge in [-0.15, -0.1) is 0 Å². The zero-order valence-electron chi connectivity index (χ0n) is 14.0. The Morgan fingerprint density at radius 3 is 2.88 bits per heavy atom. The molecule has 0 amide bonds. The van der Waals surface area contributed by atoms with Crippen molar-refractivity contribution >= 4 is 27.1 Å². The fraction of sp³-hybridized carbons (Fsp3) is 0.471. The van der Waals surface area contributed by atoms with Gasteiger partial charge in [-0.2, -0.15) is 17.4 Å². The van der Waals surface area contributed by atoms with Crippen LogP contribution in [-0.2, 0) is 21.4 Å². The average Bonchev–Trinajstić information content (AvgIpc) is 3.29. The number of aromatic amines is 1. The van der Waals surface area contributed by atoms with Crippen molar-refractivity contribution in [2.45, 2.75) is 37.8 Å². The van der Waals surface area contributed by atoms with Gasteiger partial charge in [-0.05, 0) is 48.9 Å². The fourth-order valence-electron chi connectivity index (χ4n) is 4.15. The van der Waals surface area contributed by atoms with Crippen molar-refractivity contribution in [3.8, 4) is 0 Å². The van der Waals surface area contributed by atoms with Crippen molar-refractivity contribution in [1.82, 2.24) is 14.0 Å². The molecule has 9 heteroatoms. The first-order valence-electron chi connectivity index (χ1n) is 8.61. The van der Waals surface area contributed by atoms with Crippen molar-refractivity contribution in [3.05, 3.63) is 35.8 Å². The van der Waals surface area contributed by atoms with Crippen LogP contribution in [0.5, 0.6) is 0 Å². The summed E-state index contributed by atoms with van der Waals surface area (Å²) in [4.78, 5) is 14.5. The van der Waals surface area contributed by atoms with Crippen LogP contribution in [0.15, 0.2) is 24.4 Å². The summed E-state index contributed by atoms with van der Waals surface area (Å²) in [5.74, 6) is -1.26. The smallest absolute Gasteiger partial charge is 0.322 e. The first-order chi connectivity index (χ1) is 12.3. The first kappa shape index (κ1) is 17.4. The largest absolute Gasteiger partial charge is 0.480 e. The monoisotopic (exact) mass is 381 g/mol. The third-order valence-electron chi connectivity index (χ3n) is 5.41. The summed E-state index contributed by atoms with van der Waals surface area (Å²) in [5.41, 5.74) is 1.17. The Hall–Kier alpha value is -1.97. The van der Waals surface area contributed by atoms with Crippen LogP contribution in [0, 0.1) is 11.7 Å². The van der Waals surface area contributed by atoms with Crippen LogP contribution in [0.25, 0.3) is 10.9 Å². The molecular weight excluding hydrogens is 361 g/mol. The minimum atomic E-state index is -3.87. The number of piperidine rings is 1. The second-order valence-corrected chi connectivity index (χ2v) is 8.78. The molecule has 140 valence electrons. The molecule has 26 heavy (non-hydrogen) atoms. The molecule has 0 spiro atoms. The SMILES string of the molecule is O=C(O)C(Cc1c[nH]c2cc(F)ccc12)NS(=O)(=O)N1CC2CCC1C2. The Balaban J connectivity index is 1.55. The normalized spacial score (nSPS) is 24.3. The van der Waals surface area contributed by atoms with Crippen LogP contribution in [0.1, 0.15) is 24.8 Å². The molecule has 4 rings (SSSR count). The zero-order valence-corrected chi connectivity index (χ0v) is 14.8. The number of hydrogen-bond acceptors (Lipinski definition) is 3. The molecule has 1 saturated carbocycles. The topological polar surface area (TPSA) is 102 Å². The molecule has 7 nitrogen and oxygen atoms in total. The summed E-state index contributed by atoms with van der Waals surface area (Å²) >= 11 is 0. The second-order valence-electron chi connectivity index (χ2n) is 7.12. The standard InChI is InChI=1S/C17H20FN3O4S/c18-12-2-4-14-11(8-19-15(14)7-12)6-16(17(22)23)20-26(24,25)21-9-10-1-3-13(21)5-10/h2,4,7-8,10,13,16,19-20H,1,3,5-6,9H2,(H,22,23). The molecule has 2 bridgehead atoms. The molecule has 1 aliphatic heterocycles. The molecule has 2 aliphatic rings. The number of H-pyrrole nitrogens is 1. The van der Waals surface area contributed by atoms with E-state index in [0.29, 0.717) is 28.9 Å². The number of carboxylic acids is 1. The van der Waals surface area contributed by atoms with Crippen molar-refractivity contribution in [2.75, 3.05) is 6.54 Å². The minimum Gasteiger partial charge on any atom is -0.480 e. The molecule has 3 unspecified atom stereocenters. The Kier molecular flexibility index (Phi) is 4.25. The van der Waals surface area contributed by atoms with Crippen LogP contribution >= 0.6 is 0 Å². The third-order valence-corrected chi connectivity index (χ3v) is 7.06. The molecule has 2 aromatic rings. The van der Waals surface area contributed by atoms with E-state index in [1.807, 2.05) is 0 Å². The number of nitrogens with one attached hydrogen (secondary N) is 2. The zero-order chi connectivity index (χ0) is 18.5. The highest BCUT2D eigenvalue weighted by Gasteiger charge is 2.44. The fourth-order valence-corrected chi connectivity index (χ4v) is 5.82.